The highest BCUT2D eigenvalue weighted by molar-refractivity contribution is 8.05. The predicted octanol–water partition coefficient (Wildman–Crippen LogP) is 3.91. The molecule has 0 aliphatic carbocycles. The first-order chi connectivity index (χ1) is 14.0. The summed E-state index contributed by atoms with van der Waals surface area (Å²) in [4.78, 5) is 36.1. The van der Waals surface area contributed by atoms with Gasteiger partial charge < -0.3 is 5.32 Å². The SMILES string of the molecule is O=C(Cc1csc2[n+]1C(=O)C(=Cc1cccc([N+](=O)[O-])c1)S2)Nc1ccccc1. The molecule has 144 valence electrons. The summed E-state index contributed by atoms with van der Waals surface area (Å²) in [7, 11) is 0. The monoisotopic (exact) mass is 424 g/mol. The Hall–Kier alpha value is -3.30. The number of thioether (sulfide) groups is 1. The Morgan fingerprint density at radius 2 is 1.97 bits per heavy atom. The second kappa shape index (κ2) is 7.98. The lowest BCUT2D eigenvalue weighted by atomic mass is 10.2. The third kappa shape index (κ3) is 4.10. The van der Waals surface area contributed by atoms with Crippen LogP contribution in [0.15, 0.2) is 69.2 Å². The van der Waals surface area contributed by atoms with Crippen LogP contribution < -0.4 is 9.88 Å². The zero-order valence-corrected chi connectivity index (χ0v) is 16.5. The molecule has 0 atom stereocenters. The van der Waals surface area contributed by atoms with Gasteiger partial charge in [0.1, 0.15) is 11.3 Å². The molecule has 3 aromatic rings. The maximum atomic E-state index is 12.9. The third-order valence-electron chi connectivity index (χ3n) is 4.15. The van der Waals surface area contributed by atoms with Crippen LogP contribution in [0.4, 0.5) is 11.4 Å². The first-order valence-corrected chi connectivity index (χ1v) is 10.3. The van der Waals surface area contributed by atoms with E-state index in [-0.39, 0.29) is 23.9 Å². The van der Waals surface area contributed by atoms with Gasteiger partial charge in [-0.1, -0.05) is 41.7 Å². The molecule has 1 N–H and O–H groups in total. The number of nitrogens with one attached hydrogen (secondary N) is 1. The molecule has 29 heavy (non-hydrogen) atoms. The van der Waals surface area contributed by atoms with E-state index in [0.717, 1.165) is 4.34 Å². The number of fused-ring (bicyclic) bond motifs is 1. The van der Waals surface area contributed by atoms with Crippen LogP contribution in [-0.4, -0.2) is 16.7 Å². The summed E-state index contributed by atoms with van der Waals surface area (Å²) in [5.41, 5.74) is 1.85. The van der Waals surface area contributed by atoms with Crippen LogP contribution in [-0.2, 0) is 11.2 Å². The zero-order valence-electron chi connectivity index (χ0n) is 14.9. The van der Waals surface area contributed by atoms with E-state index >= 15 is 0 Å². The molecular weight excluding hydrogens is 410 g/mol. The number of nitrogens with zero attached hydrogens (tertiary/aromatic N) is 2. The Labute approximate surface area is 173 Å². The van der Waals surface area contributed by atoms with Crippen molar-refractivity contribution in [2.24, 2.45) is 0 Å². The van der Waals surface area contributed by atoms with Crippen molar-refractivity contribution >= 4 is 52.4 Å². The van der Waals surface area contributed by atoms with Gasteiger partial charge in [0.15, 0.2) is 0 Å². The minimum Gasteiger partial charge on any atom is -0.326 e. The zero-order chi connectivity index (χ0) is 20.4. The van der Waals surface area contributed by atoms with Gasteiger partial charge in [-0.05, 0) is 23.8 Å². The van der Waals surface area contributed by atoms with Gasteiger partial charge in [-0.3, -0.25) is 14.9 Å². The van der Waals surface area contributed by atoms with E-state index in [9.17, 15) is 19.7 Å². The first-order valence-electron chi connectivity index (χ1n) is 8.57. The van der Waals surface area contributed by atoms with Crippen molar-refractivity contribution < 1.29 is 19.1 Å². The van der Waals surface area contributed by atoms with Crippen molar-refractivity contribution in [2.45, 2.75) is 10.8 Å². The number of amides is 1. The Balaban J connectivity index is 1.53. The number of non-ortho nitro benzene ring substituents is 1. The standard InChI is InChI=1S/C20H13N3O4S2/c24-18(21-14-6-2-1-3-7-14)11-16-12-28-20-22(16)19(25)17(29-20)10-13-5-4-8-15(9-13)23(26)27/h1-10,12H,11H2/p+1. The van der Waals surface area contributed by atoms with Gasteiger partial charge in [0, 0.05) is 29.6 Å². The summed E-state index contributed by atoms with van der Waals surface area (Å²) < 4.78 is 2.29. The van der Waals surface area contributed by atoms with Gasteiger partial charge in [-0.2, -0.15) is 0 Å². The van der Waals surface area contributed by atoms with E-state index in [0.29, 0.717) is 21.8 Å². The average Bonchev–Trinajstić information content (AvgIpc) is 3.23. The molecule has 1 aliphatic rings. The lowest BCUT2D eigenvalue weighted by molar-refractivity contribution is -0.607. The Kier molecular flexibility index (Phi) is 5.24. The molecule has 1 aromatic heterocycles. The number of para-hydroxylation sites is 1. The molecule has 0 radical (unpaired) electrons. The highest BCUT2D eigenvalue weighted by Crippen LogP contribution is 2.36. The van der Waals surface area contributed by atoms with Gasteiger partial charge in [-0.15, -0.1) is 4.57 Å². The molecule has 7 nitrogen and oxygen atoms in total. The van der Waals surface area contributed by atoms with Crippen molar-refractivity contribution in [2.75, 3.05) is 5.32 Å². The third-order valence-corrected chi connectivity index (χ3v) is 6.34. The van der Waals surface area contributed by atoms with Crippen LogP contribution in [0.1, 0.15) is 16.1 Å². The quantitative estimate of drug-likeness (QED) is 0.290. The minimum absolute atomic E-state index is 0.0320. The number of nitro groups is 1. The molecule has 0 saturated heterocycles. The number of benzene rings is 2. The maximum Gasteiger partial charge on any atom is 0.433 e. The van der Waals surface area contributed by atoms with Crippen molar-refractivity contribution in [3.8, 4) is 0 Å². The normalized spacial score (nSPS) is 14.1. The smallest absolute Gasteiger partial charge is 0.326 e. The molecular formula is C20H14N3O4S2+. The number of nitro benzene ring substituents is 1. The van der Waals surface area contributed by atoms with Crippen LogP contribution in [0.5, 0.6) is 0 Å². The van der Waals surface area contributed by atoms with E-state index in [2.05, 4.69) is 5.32 Å². The molecule has 0 unspecified atom stereocenters. The first kappa shape index (κ1) is 19.0. The molecule has 1 amide bonds. The van der Waals surface area contributed by atoms with Crippen molar-refractivity contribution in [3.63, 3.8) is 0 Å². The number of aromatic nitrogens is 1. The largest absolute Gasteiger partial charge is 0.433 e. The average molecular weight is 424 g/mol. The van der Waals surface area contributed by atoms with Crippen molar-refractivity contribution in [1.29, 1.82) is 0 Å². The lowest BCUT2D eigenvalue weighted by Gasteiger charge is -2.02. The number of allylic oxidation sites excluding steroid dienone is 1. The Bertz CT molecular complexity index is 1160. The second-order valence-electron chi connectivity index (χ2n) is 6.19. The topological polar surface area (TPSA) is 93.2 Å². The predicted molar refractivity (Wildman–Crippen MR) is 111 cm³/mol. The summed E-state index contributed by atoms with van der Waals surface area (Å²) >= 11 is 2.69. The Morgan fingerprint density at radius 3 is 2.72 bits per heavy atom. The molecule has 0 saturated carbocycles. The summed E-state index contributed by atoms with van der Waals surface area (Å²) in [5.74, 6) is -0.446. The van der Waals surface area contributed by atoms with E-state index in [1.54, 1.807) is 35.7 Å². The molecule has 4 rings (SSSR count). The number of hydrogen-bond donors (Lipinski definition) is 1. The van der Waals surface area contributed by atoms with Crippen LogP contribution in [0, 0.1) is 10.1 Å². The molecule has 0 bridgehead atoms. The summed E-state index contributed by atoms with van der Waals surface area (Å²) in [5, 5.41) is 15.6. The van der Waals surface area contributed by atoms with Gasteiger partial charge in [0.2, 0.25) is 11.6 Å². The molecule has 2 heterocycles. The minimum atomic E-state index is -0.472. The van der Waals surface area contributed by atoms with Gasteiger partial charge >= 0.3 is 10.2 Å². The number of thiazole rings is 1. The van der Waals surface area contributed by atoms with Crippen molar-refractivity contribution in [3.05, 3.63) is 86.3 Å². The van der Waals surface area contributed by atoms with E-state index in [1.807, 2.05) is 18.2 Å². The molecule has 9 heteroatoms. The molecule has 1 aliphatic heterocycles. The molecule has 0 fully saturated rings. The second-order valence-corrected chi connectivity index (χ2v) is 8.33. The maximum absolute atomic E-state index is 12.9. The number of rotatable bonds is 5. The fourth-order valence-corrected chi connectivity index (χ4v) is 5.05. The van der Waals surface area contributed by atoms with Crippen LogP contribution >= 0.6 is 23.1 Å². The summed E-state index contributed by atoms with van der Waals surface area (Å²) in [6, 6.07) is 15.2. The van der Waals surface area contributed by atoms with Crippen LogP contribution in [0.25, 0.3) is 6.08 Å². The van der Waals surface area contributed by atoms with Gasteiger partial charge in [-0.25, -0.2) is 4.79 Å². The van der Waals surface area contributed by atoms with E-state index < -0.39 is 4.92 Å². The fraction of sp³-hybridized carbons (Fsp3) is 0.0500. The number of anilines is 1. The van der Waals surface area contributed by atoms with Gasteiger partial charge in [0.05, 0.1) is 10.3 Å². The Morgan fingerprint density at radius 1 is 1.17 bits per heavy atom. The number of carbonyl (C=O) groups excluding carboxylic acids is 2. The summed E-state index contributed by atoms with van der Waals surface area (Å²) in [6.45, 7) is 0. The number of carbonyl (C=O) groups is 2. The highest BCUT2D eigenvalue weighted by Gasteiger charge is 2.40. The summed E-state index contributed by atoms with van der Waals surface area (Å²) in [6.07, 6.45) is 1.70. The van der Waals surface area contributed by atoms with Crippen molar-refractivity contribution in [1.82, 2.24) is 0 Å². The van der Waals surface area contributed by atoms with E-state index in [1.165, 1.54) is 39.8 Å². The van der Waals surface area contributed by atoms with E-state index in [4.69, 9.17) is 0 Å². The highest BCUT2D eigenvalue weighted by atomic mass is 32.2. The molecule has 0 spiro atoms. The lowest BCUT2D eigenvalue weighted by Crippen LogP contribution is -2.43. The van der Waals surface area contributed by atoms with Crippen LogP contribution in [0.2, 0.25) is 0 Å². The van der Waals surface area contributed by atoms with Crippen LogP contribution in [0.3, 0.4) is 0 Å². The molecule has 2 aromatic carbocycles. The van der Waals surface area contributed by atoms with Gasteiger partial charge in [0.25, 0.3) is 5.69 Å². The fourth-order valence-electron chi connectivity index (χ4n) is 2.85. The number of hydrogen-bond acceptors (Lipinski definition) is 6.